The van der Waals surface area contributed by atoms with Gasteiger partial charge in [-0.15, -0.1) is 0 Å². The van der Waals surface area contributed by atoms with E-state index in [2.05, 4.69) is 6.92 Å². The number of quaternary nitrogens is 1. The molecule has 0 aliphatic heterocycles. The molecule has 1 aromatic rings. The lowest BCUT2D eigenvalue weighted by Crippen LogP contribution is -2.57. The van der Waals surface area contributed by atoms with Crippen molar-refractivity contribution in [3.8, 4) is 5.75 Å². The summed E-state index contributed by atoms with van der Waals surface area (Å²) in [5.41, 5.74) is -1.00. The molecule has 0 saturated heterocycles. The number of nitrogens with zero attached hydrogens (tertiary/aromatic N) is 1. The first kappa shape index (κ1) is 31.9. The predicted molar refractivity (Wildman–Crippen MR) is 143 cm³/mol. The zero-order valence-corrected chi connectivity index (χ0v) is 23.5. The topological polar surface area (TPSA) is 89.9 Å². The van der Waals surface area contributed by atoms with Gasteiger partial charge in [0.25, 0.3) is 0 Å². The molecule has 0 aliphatic carbocycles. The van der Waals surface area contributed by atoms with E-state index in [0.29, 0.717) is 17.2 Å². The first-order valence-electron chi connectivity index (χ1n) is 13.0. The minimum atomic E-state index is -1.75. The van der Waals surface area contributed by atoms with Gasteiger partial charge in [-0.25, -0.2) is 4.79 Å². The lowest BCUT2D eigenvalue weighted by atomic mass is 9.89. The average Bonchev–Trinajstić information content (AvgIpc) is 2.75. The number of esters is 1. The summed E-state index contributed by atoms with van der Waals surface area (Å²) in [4.78, 5) is 37.9. The molecule has 0 heterocycles. The summed E-state index contributed by atoms with van der Waals surface area (Å²) in [7, 11) is 5.51. The van der Waals surface area contributed by atoms with Crippen molar-refractivity contribution in [2.75, 3.05) is 34.3 Å². The van der Waals surface area contributed by atoms with E-state index in [1.807, 2.05) is 21.1 Å². The fourth-order valence-electron chi connectivity index (χ4n) is 4.36. The Morgan fingerprint density at radius 3 is 2.08 bits per heavy atom. The lowest BCUT2D eigenvalue weighted by Gasteiger charge is -2.37. The largest absolute Gasteiger partial charge is 0.482 e. The lowest BCUT2D eigenvalue weighted by molar-refractivity contribution is -0.875. The SMILES string of the molecule is CCCCCCCCCCCC(=O)C(CC(=O)O)(C[N+](C)(C)C)OC(=O)COc1ccc(Cl)cc1C. The molecule has 0 aromatic heterocycles. The number of carboxylic acid groups (broad SMARTS) is 1. The Hall–Kier alpha value is -2.12. The molecular weight excluding hydrogens is 482 g/mol. The Bertz CT molecular complexity index is 851. The highest BCUT2D eigenvalue weighted by Gasteiger charge is 2.48. The van der Waals surface area contributed by atoms with E-state index >= 15 is 0 Å². The van der Waals surface area contributed by atoms with Crippen molar-refractivity contribution in [3.05, 3.63) is 28.8 Å². The highest BCUT2D eigenvalue weighted by Crippen LogP contribution is 2.26. The Labute approximate surface area is 221 Å². The normalized spacial score (nSPS) is 13.2. The number of rotatable bonds is 19. The summed E-state index contributed by atoms with van der Waals surface area (Å²) >= 11 is 5.96. The third kappa shape index (κ3) is 12.7. The standard InChI is InChI=1S/C28H44ClNO6/c1-6-7-8-9-10-11-12-13-14-15-25(31)28(19-26(32)33,21-30(3,4)5)36-27(34)20-35-24-17-16-23(29)18-22(24)2/h16-18H,6-15,19-21H2,1-5H3/p+1. The number of aliphatic carboxylic acids is 1. The van der Waals surface area contributed by atoms with Gasteiger partial charge in [0, 0.05) is 11.4 Å². The minimum absolute atomic E-state index is 0.0568. The molecule has 0 aliphatic rings. The number of likely N-dealkylation sites (N-methyl/N-ethyl adjacent to an activating group) is 1. The quantitative estimate of drug-likeness (QED) is 0.135. The number of halogens is 1. The van der Waals surface area contributed by atoms with Crippen molar-refractivity contribution in [3.63, 3.8) is 0 Å². The van der Waals surface area contributed by atoms with Crippen LogP contribution in [0.2, 0.25) is 5.02 Å². The first-order chi connectivity index (χ1) is 16.9. The number of carbonyl (C=O) groups excluding carboxylic acids is 2. The predicted octanol–water partition coefficient (Wildman–Crippen LogP) is 5.98. The zero-order chi connectivity index (χ0) is 27.2. The molecule has 1 aromatic carbocycles. The fraction of sp³-hybridized carbons (Fsp3) is 0.679. The maximum Gasteiger partial charge on any atom is 0.345 e. The van der Waals surface area contributed by atoms with Gasteiger partial charge < -0.3 is 19.1 Å². The van der Waals surface area contributed by atoms with Crippen LogP contribution in [0.4, 0.5) is 0 Å². The van der Waals surface area contributed by atoms with E-state index in [-0.39, 0.29) is 23.2 Å². The van der Waals surface area contributed by atoms with Crippen molar-refractivity contribution in [1.29, 1.82) is 0 Å². The maximum atomic E-state index is 13.4. The number of aryl methyl sites for hydroxylation is 1. The van der Waals surface area contributed by atoms with Crippen molar-refractivity contribution < 1.29 is 33.4 Å². The Kier molecular flexibility index (Phi) is 14.1. The molecule has 0 amide bonds. The Balaban J connectivity index is 2.81. The summed E-state index contributed by atoms with van der Waals surface area (Å²) < 4.78 is 11.5. The molecule has 204 valence electrons. The molecule has 0 saturated carbocycles. The summed E-state index contributed by atoms with van der Waals surface area (Å²) in [6.45, 7) is 3.62. The molecule has 7 nitrogen and oxygen atoms in total. The number of hydrogen-bond acceptors (Lipinski definition) is 5. The number of ketones is 1. The van der Waals surface area contributed by atoms with Crippen LogP contribution in [0.25, 0.3) is 0 Å². The summed E-state index contributed by atoms with van der Waals surface area (Å²) in [5.74, 6) is -1.85. The second-order valence-corrected chi connectivity index (χ2v) is 11.1. The van der Waals surface area contributed by atoms with Crippen LogP contribution >= 0.6 is 11.6 Å². The maximum absolute atomic E-state index is 13.4. The molecule has 36 heavy (non-hydrogen) atoms. The molecule has 0 fully saturated rings. The van der Waals surface area contributed by atoms with Gasteiger partial charge in [-0.3, -0.25) is 9.59 Å². The smallest absolute Gasteiger partial charge is 0.345 e. The highest BCUT2D eigenvalue weighted by atomic mass is 35.5. The van der Waals surface area contributed by atoms with Crippen molar-refractivity contribution in [2.45, 2.75) is 90.1 Å². The van der Waals surface area contributed by atoms with Crippen LogP contribution < -0.4 is 4.74 Å². The summed E-state index contributed by atoms with van der Waals surface area (Å²) in [6, 6.07) is 5.01. The first-order valence-corrected chi connectivity index (χ1v) is 13.4. The van der Waals surface area contributed by atoms with Crippen LogP contribution in [0.15, 0.2) is 18.2 Å². The number of carbonyl (C=O) groups is 3. The summed E-state index contributed by atoms with van der Waals surface area (Å²) in [6.07, 6.45) is 9.50. The Morgan fingerprint density at radius 1 is 0.972 bits per heavy atom. The number of hydrogen-bond donors (Lipinski definition) is 1. The van der Waals surface area contributed by atoms with Crippen molar-refractivity contribution >= 4 is 29.3 Å². The molecule has 1 unspecified atom stereocenters. The Morgan fingerprint density at radius 2 is 1.56 bits per heavy atom. The third-order valence-corrected chi connectivity index (χ3v) is 6.21. The van der Waals surface area contributed by atoms with E-state index in [9.17, 15) is 19.5 Å². The van der Waals surface area contributed by atoms with Gasteiger partial charge in [-0.1, -0.05) is 69.9 Å². The van der Waals surface area contributed by atoms with Gasteiger partial charge in [-0.05, 0) is 37.1 Å². The van der Waals surface area contributed by atoms with Crippen molar-refractivity contribution in [2.24, 2.45) is 0 Å². The van der Waals surface area contributed by atoms with Crippen LogP contribution in [0.1, 0.15) is 83.1 Å². The molecule has 1 N–H and O–H groups in total. The second kappa shape index (κ2) is 15.9. The number of benzene rings is 1. The van der Waals surface area contributed by atoms with E-state index in [0.717, 1.165) is 24.8 Å². The van der Waals surface area contributed by atoms with Crippen LogP contribution in [0.3, 0.4) is 0 Å². The van der Waals surface area contributed by atoms with Crippen molar-refractivity contribution in [1.82, 2.24) is 0 Å². The van der Waals surface area contributed by atoms with Gasteiger partial charge in [-0.2, -0.15) is 0 Å². The van der Waals surface area contributed by atoms with Crippen LogP contribution in [-0.4, -0.2) is 67.2 Å². The van der Waals surface area contributed by atoms with E-state index in [1.54, 1.807) is 25.1 Å². The van der Waals surface area contributed by atoms with Gasteiger partial charge in [0.15, 0.2) is 12.4 Å². The molecule has 8 heteroatoms. The molecule has 0 bridgehead atoms. The highest BCUT2D eigenvalue weighted by molar-refractivity contribution is 6.30. The third-order valence-electron chi connectivity index (χ3n) is 5.97. The average molecular weight is 527 g/mol. The molecule has 1 atom stereocenters. The number of carboxylic acids is 1. The van der Waals surface area contributed by atoms with Crippen LogP contribution in [-0.2, 0) is 19.1 Å². The van der Waals surface area contributed by atoms with Crippen LogP contribution in [0, 0.1) is 6.92 Å². The van der Waals surface area contributed by atoms with Gasteiger partial charge >= 0.3 is 11.9 Å². The fourth-order valence-corrected chi connectivity index (χ4v) is 4.59. The second-order valence-electron chi connectivity index (χ2n) is 10.7. The molecule has 0 spiro atoms. The minimum Gasteiger partial charge on any atom is -0.482 e. The molecule has 1 rings (SSSR count). The molecule has 0 radical (unpaired) electrons. The van der Waals surface area contributed by atoms with E-state index < -0.39 is 30.6 Å². The van der Waals surface area contributed by atoms with E-state index in [1.165, 1.54) is 32.1 Å². The molecular formula is C28H45ClNO6+. The number of ether oxygens (including phenoxy) is 2. The summed E-state index contributed by atoms with van der Waals surface area (Å²) in [5, 5.41) is 10.2. The van der Waals surface area contributed by atoms with E-state index in [4.69, 9.17) is 21.1 Å². The van der Waals surface area contributed by atoms with Gasteiger partial charge in [0.2, 0.25) is 5.60 Å². The van der Waals surface area contributed by atoms with Gasteiger partial charge in [0.1, 0.15) is 12.3 Å². The van der Waals surface area contributed by atoms with Gasteiger partial charge in [0.05, 0.1) is 27.6 Å². The monoisotopic (exact) mass is 526 g/mol. The zero-order valence-electron chi connectivity index (χ0n) is 22.7. The number of unbranched alkanes of at least 4 members (excludes halogenated alkanes) is 8. The number of Topliss-reactive ketones (excluding diaryl/α,β-unsaturated/α-hetero) is 1. The van der Waals surface area contributed by atoms with Crippen LogP contribution in [0.5, 0.6) is 5.75 Å².